The van der Waals surface area contributed by atoms with E-state index in [9.17, 15) is 9.90 Å². The summed E-state index contributed by atoms with van der Waals surface area (Å²) in [4.78, 5) is 12.2. The molecule has 0 saturated heterocycles. The first-order valence-corrected chi connectivity index (χ1v) is 7.95. The summed E-state index contributed by atoms with van der Waals surface area (Å²) in [5.41, 5.74) is 2.73. The van der Waals surface area contributed by atoms with Crippen LogP contribution in [-0.2, 0) is 4.79 Å². The smallest absolute Gasteiger partial charge is 0.256 e. The summed E-state index contributed by atoms with van der Waals surface area (Å²) in [6.45, 7) is 2.32. The highest BCUT2D eigenvalue weighted by Crippen LogP contribution is 2.37. The third-order valence-electron chi connectivity index (χ3n) is 3.39. The van der Waals surface area contributed by atoms with Crippen LogP contribution in [0.5, 0.6) is 11.5 Å². The van der Waals surface area contributed by atoms with Gasteiger partial charge in [0.1, 0.15) is 0 Å². The molecular formula is C17H14INO3. The number of aromatic hydroxyl groups is 1. The number of fused-ring (bicyclic) bond motifs is 1. The summed E-state index contributed by atoms with van der Waals surface area (Å²) in [6, 6.07) is 11.0. The van der Waals surface area contributed by atoms with Crippen molar-refractivity contribution in [3.8, 4) is 11.5 Å². The minimum Gasteiger partial charge on any atom is -0.504 e. The molecule has 1 aliphatic rings. The normalized spacial score (nSPS) is 14.8. The fourth-order valence-corrected chi connectivity index (χ4v) is 2.88. The van der Waals surface area contributed by atoms with Crippen molar-refractivity contribution in [1.29, 1.82) is 0 Å². The maximum atomic E-state index is 12.2. The molecule has 0 saturated carbocycles. The number of anilines is 1. The lowest BCUT2D eigenvalue weighted by molar-refractivity contribution is -0.110. The highest BCUT2D eigenvalue weighted by Gasteiger charge is 2.24. The molecule has 1 heterocycles. The molecule has 2 N–H and O–H groups in total. The largest absolute Gasteiger partial charge is 0.504 e. The zero-order chi connectivity index (χ0) is 15.7. The third kappa shape index (κ3) is 2.68. The molecule has 0 spiro atoms. The number of hydrogen-bond acceptors (Lipinski definition) is 3. The highest BCUT2D eigenvalue weighted by atomic mass is 127. The molecule has 0 aliphatic carbocycles. The van der Waals surface area contributed by atoms with Crippen LogP contribution in [0.15, 0.2) is 36.4 Å². The number of nitrogens with one attached hydrogen (secondary N) is 1. The molecule has 0 radical (unpaired) electrons. The number of benzene rings is 2. The van der Waals surface area contributed by atoms with E-state index in [0.29, 0.717) is 23.5 Å². The van der Waals surface area contributed by atoms with Crippen LogP contribution in [-0.4, -0.2) is 17.6 Å². The predicted molar refractivity (Wildman–Crippen MR) is 94.9 cm³/mol. The van der Waals surface area contributed by atoms with Crippen molar-refractivity contribution in [1.82, 2.24) is 0 Å². The fraction of sp³-hybridized carbons (Fsp3) is 0.118. The average molecular weight is 407 g/mol. The first-order valence-electron chi connectivity index (χ1n) is 6.88. The Morgan fingerprint density at radius 2 is 2.14 bits per heavy atom. The molecule has 5 heteroatoms. The highest BCUT2D eigenvalue weighted by molar-refractivity contribution is 14.1. The molecular weight excluding hydrogens is 393 g/mol. The predicted octanol–water partition coefficient (Wildman–Crippen LogP) is 3.89. The zero-order valence-corrected chi connectivity index (χ0v) is 14.0. The Hall–Kier alpha value is -2.02. The molecule has 112 valence electrons. The van der Waals surface area contributed by atoms with Gasteiger partial charge in [-0.25, -0.2) is 0 Å². The lowest BCUT2D eigenvalue weighted by Gasteiger charge is -2.08. The zero-order valence-electron chi connectivity index (χ0n) is 11.9. The minimum atomic E-state index is -0.168. The topological polar surface area (TPSA) is 58.6 Å². The van der Waals surface area contributed by atoms with E-state index in [1.807, 2.05) is 25.1 Å². The van der Waals surface area contributed by atoms with Gasteiger partial charge in [-0.1, -0.05) is 12.1 Å². The van der Waals surface area contributed by atoms with Gasteiger partial charge >= 0.3 is 0 Å². The van der Waals surface area contributed by atoms with Crippen LogP contribution >= 0.6 is 22.6 Å². The van der Waals surface area contributed by atoms with E-state index in [1.54, 1.807) is 24.3 Å². The van der Waals surface area contributed by atoms with E-state index in [-0.39, 0.29) is 11.7 Å². The van der Waals surface area contributed by atoms with Crippen molar-refractivity contribution in [2.24, 2.45) is 0 Å². The lowest BCUT2D eigenvalue weighted by Crippen LogP contribution is -2.03. The molecule has 0 bridgehead atoms. The number of hydrogen-bond donors (Lipinski definition) is 2. The third-order valence-corrected chi connectivity index (χ3v) is 4.07. The van der Waals surface area contributed by atoms with Crippen LogP contribution in [0.3, 0.4) is 0 Å². The Kier molecular flexibility index (Phi) is 4.06. The molecule has 0 atom stereocenters. The first-order chi connectivity index (χ1) is 10.6. The number of phenols is 1. The van der Waals surface area contributed by atoms with Crippen LogP contribution in [0, 0.1) is 3.57 Å². The molecule has 0 aromatic heterocycles. The van der Waals surface area contributed by atoms with Gasteiger partial charge in [0, 0.05) is 26.0 Å². The van der Waals surface area contributed by atoms with Gasteiger partial charge in [-0.05, 0) is 59.9 Å². The number of carbonyl (C=O) groups is 1. The second kappa shape index (κ2) is 6.00. The number of ether oxygens (including phenoxy) is 1. The molecule has 0 unspecified atom stereocenters. The SMILES string of the molecule is CCOc1cccc(C=C2C(=O)Nc3ccc(I)cc32)c1O. The van der Waals surface area contributed by atoms with Gasteiger partial charge in [-0.3, -0.25) is 4.79 Å². The standard InChI is InChI=1S/C17H14INO3/c1-2-22-15-5-3-4-10(16(15)20)8-13-12-9-11(18)6-7-14(12)19-17(13)21/h3-9,20H,2H2,1H3,(H,19,21). The van der Waals surface area contributed by atoms with Gasteiger partial charge < -0.3 is 15.2 Å². The monoisotopic (exact) mass is 407 g/mol. The van der Waals surface area contributed by atoms with E-state index in [2.05, 4.69) is 27.9 Å². The first kappa shape index (κ1) is 14.9. The summed E-state index contributed by atoms with van der Waals surface area (Å²) in [5.74, 6) is 0.292. The molecule has 2 aromatic carbocycles. The molecule has 1 amide bonds. The fourth-order valence-electron chi connectivity index (χ4n) is 2.39. The number of amides is 1. The quantitative estimate of drug-likeness (QED) is 0.600. The van der Waals surface area contributed by atoms with E-state index in [4.69, 9.17) is 4.74 Å². The van der Waals surface area contributed by atoms with Gasteiger partial charge in [0.05, 0.1) is 6.61 Å². The Labute approximate surface area is 141 Å². The number of phenolic OH excluding ortho intramolecular Hbond substituents is 1. The van der Waals surface area contributed by atoms with Gasteiger partial charge in [0.25, 0.3) is 5.91 Å². The Balaban J connectivity index is 2.09. The molecule has 3 rings (SSSR count). The summed E-state index contributed by atoms with van der Waals surface area (Å²) in [6.07, 6.45) is 1.69. The summed E-state index contributed by atoms with van der Waals surface area (Å²) >= 11 is 2.21. The lowest BCUT2D eigenvalue weighted by atomic mass is 10.0. The average Bonchev–Trinajstić information content (AvgIpc) is 2.79. The van der Waals surface area contributed by atoms with Crippen LogP contribution in [0.4, 0.5) is 5.69 Å². The molecule has 0 fully saturated rings. The number of para-hydroxylation sites is 1. The molecule has 2 aromatic rings. The van der Waals surface area contributed by atoms with Gasteiger partial charge in [-0.2, -0.15) is 0 Å². The van der Waals surface area contributed by atoms with Gasteiger partial charge in [-0.15, -0.1) is 0 Å². The second-order valence-corrected chi connectivity index (χ2v) is 6.07. The number of halogens is 1. The van der Waals surface area contributed by atoms with Gasteiger partial charge in [0.15, 0.2) is 11.5 Å². The molecule has 1 aliphatic heterocycles. The van der Waals surface area contributed by atoms with Gasteiger partial charge in [0.2, 0.25) is 0 Å². The van der Waals surface area contributed by atoms with E-state index >= 15 is 0 Å². The number of carbonyl (C=O) groups excluding carboxylic acids is 1. The van der Waals surface area contributed by atoms with E-state index < -0.39 is 0 Å². The van der Waals surface area contributed by atoms with Crippen LogP contribution in [0.25, 0.3) is 11.6 Å². The maximum absolute atomic E-state index is 12.2. The summed E-state index contributed by atoms with van der Waals surface area (Å²) in [7, 11) is 0. The van der Waals surface area contributed by atoms with Crippen molar-refractivity contribution in [3.63, 3.8) is 0 Å². The van der Waals surface area contributed by atoms with Crippen molar-refractivity contribution < 1.29 is 14.6 Å². The second-order valence-electron chi connectivity index (χ2n) is 4.83. The van der Waals surface area contributed by atoms with Crippen molar-refractivity contribution in [3.05, 3.63) is 51.1 Å². The summed E-state index contributed by atoms with van der Waals surface area (Å²) in [5, 5.41) is 13.1. The van der Waals surface area contributed by atoms with Crippen molar-refractivity contribution >= 4 is 45.8 Å². The van der Waals surface area contributed by atoms with E-state index in [1.165, 1.54) is 0 Å². The van der Waals surface area contributed by atoms with Crippen molar-refractivity contribution in [2.75, 3.05) is 11.9 Å². The molecule has 22 heavy (non-hydrogen) atoms. The maximum Gasteiger partial charge on any atom is 0.256 e. The van der Waals surface area contributed by atoms with Crippen molar-refractivity contribution in [2.45, 2.75) is 6.92 Å². The number of rotatable bonds is 3. The minimum absolute atomic E-state index is 0.0451. The Morgan fingerprint density at radius 3 is 2.91 bits per heavy atom. The Morgan fingerprint density at radius 1 is 1.32 bits per heavy atom. The van der Waals surface area contributed by atoms with E-state index in [0.717, 1.165) is 14.8 Å². The Bertz CT molecular complexity index is 783. The van der Waals surface area contributed by atoms with Crippen LogP contribution < -0.4 is 10.1 Å². The summed E-state index contributed by atoms with van der Waals surface area (Å²) < 4.78 is 6.42. The van der Waals surface area contributed by atoms with Crippen LogP contribution in [0.1, 0.15) is 18.1 Å². The van der Waals surface area contributed by atoms with Crippen LogP contribution in [0.2, 0.25) is 0 Å². The molecule has 4 nitrogen and oxygen atoms in total.